The Kier molecular flexibility index (Phi) is 6.87. The van der Waals surface area contributed by atoms with Crippen molar-refractivity contribution in [1.82, 2.24) is 4.90 Å². The number of hydrogen-bond donors (Lipinski definition) is 0. The summed E-state index contributed by atoms with van der Waals surface area (Å²) < 4.78 is 5.40. The van der Waals surface area contributed by atoms with E-state index in [1.165, 1.54) is 19.1 Å². The monoisotopic (exact) mass is 255 g/mol. The van der Waals surface area contributed by atoms with Crippen molar-refractivity contribution in [2.75, 3.05) is 26.3 Å². The zero-order valence-electron chi connectivity index (χ0n) is 12.3. The van der Waals surface area contributed by atoms with E-state index in [9.17, 15) is 4.79 Å². The van der Waals surface area contributed by atoms with Gasteiger partial charge in [0.1, 0.15) is 6.29 Å². The van der Waals surface area contributed by atoms with Gasteiger partial charge in [0.05, 0.1) is 0 Å². The number of ether oxygens (including phenoxy) is 1. The van der Waals surface area contributed by atoms with E-state index in [0.717, 1.165) is 45.6 Å². The van der Waals surface area contributed by atoms with Gasteiger partial charge in [-0.2, -0.15) is 0 Å². The van der Waals surface area contributed by atoms with Gasteiger partial charge < -0.3 is 9.53 Å². The Balaban J connectivity index is 2.63. The second kappa shape index (κ2) is 7.90. The molecule has 1 aliphatic heterocycles. The van der Waals surface area contributed by atoms with Crippen LogP contribution in [0.2, 0.25) is 0 Å². The van der Waals surface area contributed by atoms with Crippen molar-refractivity contribution >= 4 is 6.29 Å². The lowest BCUT2D eigenvalue weighted by molar-refractivity contribution is -0.123. The fraction of sp³-hybridized carbons (Fsp3) is 0.933. The highest BCUT2D eigenvalue weighted by atomic mass is 16.5. The Morgan fingerprint density at radius 2 is 2.00 bits per heavy atom. The summed E-state index contributed by atoms with van der Waals surface area (Å²) >= 11 is 0. The molecule has 1 unspecified atom stereocenters. The highest BCUT2D eigenvalue weighted by Gasteiger charge is 2.34. The highest BCUT2D eigenvalue weighted by molar-refractivity contribution is 5.60. The number of rotatable bonds is 8. The van der Waals surface area contributed by atoms with Crippen molar-refractivity contribution in [3.63, 3.8) is 0 Å². The van der Waals surface area contributed by atoms with Crippen LogP contribution in [0.25, 0.3) is 0 Å². The van der Waals surface area contributed by atoms with E-state index < -0.39 is 0 Å². The van der Waals surface area contributed by atoms with E-state index in [4.69, 9.17) is 4.74 Å². The summed E-state index contributed by atoms with van der Waals surface area (Å²) in [6.07, 6.45) is 6.54. The van der Waals surface area contributed by atoms with Gasteiger partial charge in [0.15, 0.2) is 0 Å². The van der Waals surface area contributed by atoms with E-state index >= 15 is 0 Å². The zero-order chi connectivity index (χ0) is 13.4. The molecule has 1 fully saturated rings. The van der Waals surface area contributed by atoms with Gasteiger partial charge in [0, 0.05) is 31.2 Å². The maximum absolute atomic E-state index is 11.5. The molecule has 0 aromatic heterocycles. The number of carbonyl (C=O) groups is 1. The van der Waals surface area contributed by atoms with Gasteiger partial charge in [-0.05, 0) is 39.2 Å². The molecule has 1 rings (SSSR count). The molecule has 0 aliphatic carbocycles. The third kappa shape index (κ3) is 4.36. The standard InChI is InChI=1S/C15H29NO2/c1-4-6-9-16(14(3)5-2)12-15(13-17)7-10-18-11-8-15/h13-14H,4-12H2,1-3H3. The predicted octanol–water partition coefficient (Wildman–Crippen LogP) is 2.88. The van der Waals surface area contributed by atoms with Crippen LogP contribution in [0.3, 0.4) is 0 Å². The van der Waals surface area contributed by atoms with Crippen molar-refractivity contribution in [3.8, 4) is 0 Å². The second-order valence-electron chi connectivity index (χ2n) is 5.67. The van der Waals surface area contributed by atoms with Crippen LogP contribution in [0.5, 0.6) is 0 Å². The summed E-state index contributed by atoms with van der Waals surface area (Å²) in [6.45, 7) is 10.2. The fourth-order valence-electron chi connectivity index (χ4n) is 2.57. The summed E-state index contributed by atoms with van der Waals surface area (Å²) in [5.74, 6) is 0. The molecule has 0 bridgehead atoms. The molecule has 0 aromatic rings. The number of nitrogens with zero attached hydrogens (tertiary/aromatic N) is 1. The Labute approximate surface area is 112 Å². The summed E-state index contributed by atoms with van der Waals surface area (Å²) in [5, 5.41) is 0. The molecular formula is C15H29NO2. The molecule has 0 N–H and O–H groups in total. The first kappa shape index (κ1) is 15.6. The minimum atomic E-state index is -0.157. The zero-order valence-corrected chi connectivity index (χ0v) is 12.3. The van der Waals surface area contributed by atoms with Crippen molar-refractivity contribution in [3.05, 3.63) is 0 Å². The lowest BCUT2D eigenvalue weighted by Gasteiger charge is -2.39. The smallest absolute Gasteiger partial charge is 0.127 e. The number of hydrogen-bond acceptors (Lipinski definition) is 3. The van der Waals surface area contributed by atoms with Crippen LogP contribution >= 0.6 is 0 Å². The van der Waals surface area contributed by atoms with E-state index in [0.29, 0.717) is 6.04 Å². The molecular weight excluding hydrogens is 226 g/mol. The molecule has 1 heterocycles. The SMILES string of the molecule is CCCCN(CC1(C=O)CCOCC1)C(C)CC. The first-order valence-electron chi connectivity index (χ1n) is 7.45. The Bertz CT molecular complexity index is 237. The Morgan fingerprint density at radius 1 is 1.33 bits per heavy atom. The van der Waals surface area contributed by atoms with Gasteiger partial charge in [0.2, 0.25) is 0 Å². The highest BCUT2D eigenvalue weighted by Crippen LogP contribution is 2.30. The maximum Gasteiger partial charge on any atom is 0.127 e. The van der Waals surface area contributed by atoms with Crippen molar-refractivity contribution < 1.29 is 9.53 Å². The van der Waals surface area contributed by atoms with E-state index in [1.807, 2.05) is 0 Å². The number of unbranched alkanes of at least 4 members (excludes halogenated alkanes) is 1. The van der Waals surface area contributed by atoms with Crippen molar-refractivity contribution in [2.45, 2.75) is 58.9 Å². The van der Waals surface area contributed by atoms with Crippen LogP contribution in [-0.2, 0) is 9.53 Å². The van der Waals surface area contributed by atoms with Crippen LogP contribution in [-0.4, -0.2) is 43.5 Å². The fourth-order valence-corrected chi connectivity index (χ4v) is 2.57. The van der Waals surface area contributed by atoms with Crippen LogP contribution in [0.15, 0.2) is 0 Å². The maximum atomic E-state index is 11.5. The molecule has 0 radical (unpaired) electrons. The Morgan fingerprint density at radius 3 is 2.50 bits per heavy atom. The third-order valence-corrected chi connectivity index (χ3v) is 4.27. The molecule has 0 aromatic carbocycles. The average molecular weight is 255 g/mol. The average Bonchev–Trinajstić information content (AvgIpc) is 2.43. The molecule has 1 atom stereocenters. The van der Waals surface area contributed by atoms with Gasteiger partial charge in [-0.15, -0.1) is 0 Å². The lowest BCUT2D eigenvalue weighted by Crippen LogP contribution is -2.46. The van der Waals surface area contributed by atoms with Crippen LogP contribution in [0, 0.1) is 5.41 Å². The number of aldehydes is 1. The summed E-state index contributed by atoms with van der Waals surface area (Å²) in [5.41, 5.74) is -0.157. The van der Waals surface area contributed by atoms with Crippen LogP contribution in [0.1, 0.15) is 52.9 Å². The summed E-state index contributed by atoms with van der Waals surface area (Å²) in [6, 6.07) is 0.566. The molecule has 1 aliphatic rings. The molecule has 18 heavy (non-hydrogen) atoms. The van der Waals surface area contributed by atoms with E-state index in [-0.39, 0.29) is 5.41 Å². The minimum Gasteiger partial charge on any atom is -0.381 e. The first-order chi connectivity index (χ1) is 8.67. The van der Waals surface area contributed by atoms with E-state index in [1.54, 1.807) is 0 Å². The van der Waals surface area contributed by atoms with Gasteiger partial charge in [-0.1, -0.05) is 20.3 Å². The van der Waals surface area contributed by atoms with Gasteiger partial charge >= 0.3 is 0 Å². The normalized spacial score (nSPS) is 20.9. The molecule has 0 saturated carbocycles. The molecule has 106 valence electrons. The van der Waals surface area contributed by atoms with E-state index in [2.05, 4.69) is 25.7 Å². The number of carbonyl (C=O) groups excluding carboxylic acids is 1. The van der Waals surface area contributed by atoms with Gasteiger partial charge in [0.25, 0.3) is 0 Å². The molecule has 3 heteroatoms. The quantitative estimate of drug-likeness (QED) is 0.625. The minimum absolute atomic E-state index is 0.157. The molecule has 3 nitrogen and oxygen atoms in total. The first-order valence-corrected chi connectivity index (χ1v) is 7.45. The van der Waals surface area contributed by atoms with Crippen LogP contribution < -0.4 is 0 Å². The van der Waals surface area contributed by atoms with Gasteiger partial charge in [-0.3, -0.25) is 4.90 Å². The van der Waals surface area contributed by atoms with Crippen molar-refractivity contribution in [1.29, 1.82) is 0 Å². The third-order valence-electron chi connectivity index (χ3n) is 4.27. The van der Waals surface area contributed by atoms with Crippen molar-refractivity contribution in [2.24, 2.45) is 5.41 Å². The lowest BCUT2D eigenvalue weighted by atomic mass is 9.81. The molecule has 0 amide bonds. The molecule has 1 saturated heterocycles. The predicted molar refractivity (Wildman–Crippen MR) is 74.8 cm³/mol. The second-order valence-corrected chi connectivity index (χ2v) is 5.67. The molecule has 0 spiro atoms. The summed E-state index contributed by atoms with van der Waals surface area (Å²) in [4.78, 5) is 14.0. The summed E-state index contributed by atoms with van der Waals surface area (Å²) in [7, 11) is 0. The van der Waals surface area contributed by atoms with Gasteiger partial charge in [-0.25, -0.2) is 0 Å². The Hall–Kier alpha value is -0.410. The van der Waals surface area contributed by atoms with Crippen LogP contribution in [0.4, 0.5) is 0 Å². The largest absolute Gasteiger partial charge is 0.381 e. The topological polar surface area (TPSA) is 29.5 Å².